The Bertz CT molecular complexity index is 1450. The van der Waals surface area contributed by atoms with E-state index in [9.17, 15) is 14.4 Å². The molecule has 210 valence electrons. The van der Waals surface area contributed by atoms with Crippen molar-refractivity contribution in [3.8, 4) is 0 Å². The molecule has 2 unspecified atom stereocenters. The van der Waals surface area contributed by atoms with Crippen LogP contribution < -0.4 is 5.32 Å². The molecule has 0 saturated carbocycles. The van der Waals surface area contributed by atoms with Crippen molar-refractivity contribution in [2.45, 2.75) is 32.2 Å². The minimum atomic E-state index is -0.565. The molecule has 0 radical (unpaired) electrons. The van der Waals surface area contributed by atoms with Crippen LogP contribution >= 0.6 is 0 Å². The van der Waals surface area contributed by atoms with Gasteiger partial charge in [-0.15, -0.1) is 5.10 Å². The second-order valence-corrected chi connectivity index (χ2v) is 9.81. The Morgan fingerprint density at radius 3 is 2.54 bits per heavy atom. The molecule has 4 rings (SSSR count). The molecule has 0 spiro atoms. The number of ether oxygens (including phenoxy) is 2. The molecule has 2 atom stereocenters. The van der Waals surface area contributed by atoms with E-state index in [4.69, 9.17) is 16.0 Å². The fraction of sp³-hybridized carbons (Fsp3) is 0.281. The van der Waals surface area contributed by atoms with E-state index in [0.29, 0.717) is 18.0 Å². The Morgan fingerprint density at radius 2 is 1.83 bits per heavy atom. The molecule has 0 bridgehead atoms. The number of hydrogen-bond acceptors (Lipinski definition) is 6. The summed E-state index contributed by atoms with van der Waals surface area (Å²) in [5, 5.41) is 8.78. The maximum Gasteiger partial charge on any atom is 0.305 e. The fourth-order valence-corrected chi connectivity index (χ4v) is 4.61. The van der Waals surface area contributed by atoms with Gasteiger partial charge in [0.25, 0.3) is 5.91 Å². The summed E-state index contributed by atoms with van der Waals surface area (Å²) >= 11 is 0. The van der Waals surface area contributed by atoms with E-state index in [1.165, 1.54) is 12.1 Å². The van der Waals surface area contributed by atoms with Crippen molar-refractivity contribution in [3.05, 3.63) is 113 Å². The van der Waals surface area contributed by atoms with Crippen molar-refractivity contribution in [1.29, 1.82) is 0 Å². The Morgan fingerprint density at radius 1 is 1.07 bits per heavy atom. The van der Waals surface area contributed by atoms with E-state index >= 15 is 0 Å². The van der Waals surface area contributed by atoms with Crippen LogP contribution in [0, 0.1) is 12.5 Å². The lowest BCUT2D eigenvalue weighted by Gasteiger charge is -2.24. The predicted molar refractivity (Wildman–Crippen MR) is 155 cm³/mol. The van der Waals surface area contributed by atoms with E-state index in [1.807, 2.05) is 79.7 Å². The topological polar surface area (TPSA) is 102 Å². The normalized spacial score (nSPS) is 14.2. The zero-order valence-electron chi connectivity index (χ0n) is 23.1. The first-order valence-corrected chi connectivity index (χ1v) is 13.3. The number of carbonyl (C=O) groups is 3. The Kier molecular flexibility index (Phi) is 9.84. The zero-order chi connectivity index (χ0) is 29.2. The molecule has 9 heteroatoms. The van der Waals surface area contributed by atoms with Gasteiger partial charge in [0.05, 0.1) is 19.6 Å². The molecular weight excluding hydrogens is 520 g/mol. The molecule has 3 aromatic rings. The molecule has 1 N–H and O–H groups in total. The summed E-state index contributed by atoms with van der Waals surface area (Å²) < 4.78 is 10.2. The van der Waals surface area contributed by atoms with Gasteiger partial charge in [-0.3, -0.25) is 14.4 Å². The van der Waals surface area contributed by atoms with E-state index in [2.05, 4.69) is 15.3 Å². The molecule has 2 amide bonds. The molecule has 0 fully saturated rings. The summed E-state index contributed by atoms with van der Waals surface area (Å²) in [5.41, 5.74) is 3.92. The second-order valence-electron chi connectivity index (χ2n) is 9.81. The number of aryl methyl sites for hydroxylation is 1. The standard InChI is InChI=1S/C32H32N4O5/c1-22(19-33-2)30(31(39)34-27-11-7-8-23(18-27)14-17-29(38)40-3)25-15-12-24(13-16-25)20-36-28(37)21-41-32(35-36)26-9-5-4-6-10-26/h4-13,15-16,18,22,30H,14,17,19-21H2,1,3H3,(H,34,39). The average Bonchev–Trinajstić information content (AvgIpc) is 2.99. The summed E-state index contributed by atoms with van der Waals surface area (Å²) in [7, 11) is 1.35. The summed E-state index contributed by atoms with van der Waals surface area (Å²) in [5.74, 6) is -1.17. The van der Waals surface area contributed by atoms with Gasteiger partial charge >= 0.3 is 5.97 Å². The van der Waals surface area contributed by atoms with Gasteiger partial charge in [-0.25, -0.2) is 11.6 Å². The maximum absolute atomic E-state index is 13.5. The molecule has 0 aromatic heterocycles. The number of nitrogens with zero attached hydrogens (tertiary/aromatic N) is 3. The molecule has 0 aliphatic carbocycles. The molecule has 3 aromatic carbocycles. The molecule has 1 heterocycles. The average molecular weight is 553 g/mol. The molecule has 0 saturated heterocycles. The number of esters is 1. The lowest BCUT2D eigenvalue weighted by molar-refractivity contribution is -0.140. The number of carbonyl (C=O) groups excluding carboxylic acids is 3. The zero-order valence-corrected chi connectivity index (χ0v) is 23.1. The van der Waals surface area contributed by atoms with E-state index < -0.39 is 5.92 Å². The van der Waals surface area contributed by atoms with Crippen LogP contribution in [0.1, 0.15) is 41.5 Å². The van der Waals surface area contributed by atoms with Gasteiger partial charge in [0.2, 0.25) is 18.3 Å². The smallest absolute Gasteiger partial charge is 0.305 e. The van der Waals surface area contributed by atoms with E-state index in [-0.39, 0.29) is 49.8 Å². The maximum atomic E-state index is 13.5. The number of anilines is 1. The Hall–Kier alpha value is -4.97. The Balaban J connectivity index is 1.48. The van der Waals surface area contributed by atoms with Crippen LogP contribution in [0.2, 0.25) is 0 Å². The predicted octanol–water partition coefficient (Wildman–Crippen LogP) is 4.79. The number of rotatable bonds is 11. The third kappa shape index (κ3) is 7.79. The molecule has 1 aliphatic rings. The van der Waals surface area contributed by atoms with Crippen molar-refractivity contribution in [1.82, 2.24) is 5.01 Å². The first kappa shape index (κ1) is 29.0. The van der Waals surface area contributed by atoms with Gasteiger partial charge < -0.3 is 19.6 Å². The molecular formula is C32H32N4O5. The van der Waals surface area contributed by atoms with Crippen molar-refractivity contribution < 1.29 is 23.9 Å². The first-order chi connectivity index (χ1) is 19.9. The SMILES string of the molecule is [C-]#[N+]CC(C)C(C(=O)Nc1cccc(CCC(=O)OC)c1)c1ccc(CN2N=C(c3ccccc3)OCC2=O)cc1. The quantitative estimate of drug-likeness (QED) is 0.272. The van der Waals surface area contributed by atoms with Crippen molar-refractivity contribution in [3.63, 3.8) is 0 Å². The molecule has 9 nitrogen and oxygen atoms in total. The van der Waals surface area contributed by atoms with Crippen LogP contribution in [0.4, 0.5) is 5.69 Å². The molecule has 1 aliphatic heterocycles. The highest BCUT2D eigenvalue weighted by Crippen LogP contribution is 2.28. The van der Waals surface area contributed by atoms with Gasteiger partial charge in [-0.2, -0.15) is 0 Å². The molecule has 41 heavy (non-hydrogen) atoms. The minimum absolute atomic E-state index is 0.0912. The van der Waals surface area contributed by atoms with Gasteiger partial charge in [0.15, 0.2) is 6.61 Å². The summed E-state index contributed by atoms with van der Waals surface area (Å²) in [6.45, 7) is 9.59. The van der Waals surface area contributed by atoms with Crippen molar-refractivity contribution >= 4 is 29.4 Å². The van der Waals surface area contributed by atoms with Crippen LogP contribution in [0.5, 0.6) is 0 Å². The Labute approximate surface area is 239 Å². The number of methoxy groups -OCH3 is 1. The van der Waals surface area contributed by atoms with Crippen LogP contribution in [0.25, 0.3) is 4.85 Å². The van der Waals surface area contributed by atoms with Crippen molar-refractivity contribution in [2.75, 3.05) is 25.6 Å². The largest absolute Gasteiger partial charge is 0.469 e. The van der Waals surface area contributed by atoms with Crippen LogP contribution in [0.15, 0.2) is 84.0 Å². The van der Waals surface area contributed by atoms with Crippen LogP contribution in [0.3, 0.4) is 0 Å². The van der Waals surface area contributed by atoms with Crippen LogP contribution in [-0.2, 0) is 36.8 Å². The summed E-state index contributed by atoms with van der Waals surface area (Å²) in [6, 6.07) is 24.2. The summed E-state index contributed by atoms with van der Waals surface area (Å²) in [6.07, 6.45) is 0.748. The van der Waals surface area contributed by atoms with Gasteiger partial charge in [0, 0.05) is 23.6 Å². The third-order valence-corrected chi connectivity index (χ3v) is 6.79. The minimum Gasteiger partial charge on any atom is -0.469 e. The van der Waals surface area contributed by atoms with Crippen LogP contribution in [-0.4, -0.2) is 49.0 Å². The number of amides is 2. The highest BCUT2D eigenvalue weighted by Gasteiger charge is 2.29. The number of hydrogen-bond donors (Lipinski definition) is 1. The van der Waals surface area contributed by atoms with E-state index in [0.717, 1.165) is 22.3 Å². The number of hydrazone groups is 1. The summed E-state index contributed by atoms with van der Waals surface area (Å²) in [4.78, 5) is 41.0. The van der Waals surface area contributed by atoms with E-state index in [1.54, 1.807) is 6.07 Å². The van der Waals surface area contributed by atoms with Gasteiger partial charge in [-0.1, -0.05) is 61.5 Å². The van der Waals surface area contributed by atoms with Crippen molar-refractivity contribution in [2.24, 2.45) is 11.0 Å². The van der Waals surface area contributed by atoms with Gasteiger partial charge in [-0.05, 0) is 47.4 Å². The highest BCUT2D eigenvalue weighted by molar-refractivity contribution is 5.98. The highest BCUT2D eigenvalue weighted by atomic mass is 16.5. The first-order valence-electron chi connectivity index (χ1n) is 13.3. The number of benzene rings is 3. The second kappa shape index (κ2) is 13.9. The number of nitrogens with one attached hydrogen (secondary N) is 1. The monoisotopic (exact) mass is 552 g/mol. The third-order valence-electron chi connectivity index (χ3n) is 6.79. The lowest BCUT2D eigenvalue weighted by atomic mass is 9.86. The van der Waals surface area contributed by atoms with Gasteiger partial charge in [0.1, 0.15) is 0 Å². The lowest BCUT2D eigenvalue weighted by Crippen LogP contribution is -2.36. The fourth-order valence-electron chi connectivity index (χ4n) is 4.61.